The number of nitrogens with zero attached hydrogens (tertiary/aromatic N) is 3. The summed E-state index contributed by atoms with van der Waals surface area (Å²) in [6.45, 7) is 0.524. The Morgan fingerprint density at radius 3 is 3.00 bits per heavy atom. The number of amides is 1. The molecule has 0 aliphatic heterocycles. The van der Waals surface area contributed by atoms with E-state index in [1.54, 1.807) is 28.3 Å². The quantitative estimate of drug-likeness (QED) is 0.581. The van der Waals surface area contributed by atoms with Gasteiger partial charge in [-0.05, 0) is 46.3 Å². The molecule has 124 valence electrons. The van der Waals surface area contributed by atoms with E-state index >= 15 is 0 Å². The summed E-state index contributed by atoms with van der Waals surface area (Å²) in [6, 6.07) is 11.3. The van der Waals surface area contributed by atoms with E-state index in [2.05, 4.69) is 31.4 Å². The standard InChI is InChI=1S/C15H12BrClN4OS2/c16-13-5-4-12(24-13)7-18-14(22)8-23-15-20-19-9-21(15)11-3-1-2-10(17)6-11/h1-6,9H,7-8H2,(H,18,22). The van der Waals surface area contributed by atoms with Gasteiger partial charge in [0.25, 0.3) is 0 Å². The van der Waals surface area contributed by atoms with Crippen LogP contribution in [0.15, 0.2) is 51.7 Å². The van der Waals surface area contributed by atoms with Crippen molar-refractivity contribution in [3.05, 3.63) is 56.4 Å². The van der Waals surface area contributed by atoms with Gasteiger partial charge in [0, 0.05) is 9.90 Å². The van der Waals surface area contributed by atoms with Crippen molar-refractivity contribution in [2.45, 2.75) is 11.7 Å². The highest BCUT2D eigenvalue weighted by Crippen LogP contribution is 2.23. The predicted octanol–water partition coefficient (Wildman–Crippen LogP) is 4.15. The average Bonchev–Trinajstić information content (AvgIpc) is 3.19. The van der Waals surface area contributed by atoms with Crippen LogP contribution in [0.3, 0.4) is 0 Å². The van der Waals surface area contributed by atoms with Gasteiger partial charge in [0.1, 0.15) is 6.33 Å². The van der Waals surface area contributed by atoms with Gasteiger partial charge in [-0.3, -0.25) is 9.36 Å². The number of rotatable bonds is 6. The molecule has 0 saturated carbocycles. The van der Waals surface area contributed by atoms with Gasteiger partial charge in [0.2, 0.25) is 5.91 Å². The van der Waals surface area contributed by atoms with Crippen LogP contribution >= 0.6 is 50.6 Å². The van der Waals surface area contributed by atoms with Gasteiger partial charge in [-0.25, -0.2) is 0 Å². The average molecular weight is 444 g/mol. The summed E-state index contributed by atoms with van der Waals surface area (Å²) >= 11 is 12.4. The topological polar surface area (TPSA) is 59.8 Å². The Labute approximate surface area is 160 Å². The molecule has 1 aromatic carbocycles. The minimum absolute atomic E-state index is 0.0508. The lowest BCUT2D eigenvalue weighted by atomic mass is 10.3. The van der Waals surface area contributed by atoms with E-state index in [1.807, 2.05) is 30.3 Å². The van der Waals surface area contributed by atoms with Crippen molar-refractivity contribution < 1.29 is 4.79 Å². The van der Waals surface area contributed by atoms with Crippen LogP contribution in [0.5, 0.6) is 0 Å². The Bertz CT molecular complexity index is 851. The molecule has 0 atom stereocenters. The van der Waals surface area contributed by atoms with Gasteiger partial charge in [-0.1, -0.05) is 29.4 Å². The fourth-order valence-electron chi connectivity index (χ4n) is 1.94. The fraction of sp³-hybridized carbons (Fsp3) is 0.133. The molecule has 1 amide bonds. The number of aromatic nitrogens is 3. The van der Waals surface area contributed by atoms with Gasteiger partial charge in [0.05, 0.1) is 21.8 Å². The lowest BCUT2D eigenvalue weighted by molar-refractivity contribution is -0.118. The van der Waals surface area contributed by atoms with Crippen LogP contribution in [0.4, 0.5) is 0 Å². The third-order valence-electron chi connectivity index (χ3n) is 3.02. The van der Waals surface area contributed by atoms with E-state index in [4.69, 9.17) is 11.6 Å². The molecule has 2 aromatic heterocycles. The van der Waals surface area contributed by atoms with E-state index in [9.17, 15) is 4.79 Å². The molecular formula is C15H12BrClN4OS2. The van der Waals surface area contributed by atoms with Crippen LogP contribution < -0.4 is 5.32 Å². The van der Waals surface area contributed by atoms with Crippen LogP contribution in [0, 0.1) is 0 Å². The zero-order valence-electron chi connectivity index (χ0n) is 12.3. The van der Waals surface area contributed by atoms with Crippen LogP contribution in [0.1, 0.15) is 4.88 Å². The lowest BCUT2D eigenvalue weighted by Gasteiger charge is -2.07. The first-order valence-corrected chi connectivity index (χ1v) is 9.89. The number of carbonyl (C=O) groups is 1. The monoisotopic (exact) mass is 442 g/mol. The van der Waals surface area contributed by atoms with Crippen molar-refractivity contribution in [3.8, 4) is 5.69 Å². The molecule has 3 rings (SSSR count). The smallest absolute Gasteiger partial charge is 0.230 e. The SMILES string of the molecule is O=C(CSc1nncn1-c1cccc(Cl)c1)NCc1ccc(Br)s1. The van der Waals surface area contributed by atoms with Gasteiger partial charge < -0.3 is 5.32 Å². The molecule has 0 saturated heterocycles. The third kappa shape index (κ3) is 4.60. The van der Waals surface area contributed by atoms with E-state index in [-0.39, 0.29) is 11.7 Å². The first-order chi connectivity index (χ1) is 11.6. The Balaban J connectivity index is 1.57. The number of carbonyl (C=O) groups excluding carboxylic acids is 1. The number of nitrogens with one attached hydrogen (secondary N) is 1. The molecule has 24 heavy (non-hydrogen) atoms. The van der Waals surface area contributed by atoms with E-state index in [0.717, 1.165) is 14.4 Å². The maximum Gasteiger partial charge on any atom is 0.230 e. The van der Waals surface area contributed by atoms with Crippen molar-refractivity contribution in [1.82, 2.24) is 20.1 Å². The first-order valence-electron chi connectivity index (χ1n) is 6.91. The molecule has 0 radical (unpaired) electrons. The van der Waals surface area contributed by atoms with E-state index in [0.29, 0.717) is 16.7 Å². The molecule has 9 heteroatoms. The van der Waals surface area contributed by atoms with E-state index in [1.165, 1.54) is 11.8 Å². The molecule has 2 heterocycles. The van der Waals surface area contributed by atoms with Crippen LogP contribution in [-0.2, 0) is 11.3 Å². The van der Waals surface area contributed by atoms with Crippen molar-refractivity contribution in [3.63, 3.8) is 0 Å². The molecule has 0 aliphatic rings. The van der Waals surface area contributed by atoms with Gasteiger partial charge >= 0.3 is 0 Å². The molecule has 0 spiro atoms. The van der Waals surface area contributed by atoms with Gasteiger partial charge in [-0.15, -0.1) is 21.5 Å². The largest absolute Gasteiger partial charge is 0.350 e. The minimum atomic E-state index is -0.0508. The van der Waals surface area contributed by atoms with Crippen molar-refractivity contribution in [2.75, 3.05) is 5.75 Å². The number of halogens is 2. The third-order valence-corrected chi connectivity index (χ3v) is 5.83. The molecule has 0 bridgehead atoms. The summed E-state index contributed by atoms with van der Waals surface area (Å²) < 4.78 is 2.86. The second-order valence-corrected chi connectivity index (χ2v) is 8.66. The van der Waals surface area contributed by atoms with Crippen LogP contribution in [-0.4, -0.2) is 26.4 Å². The Hall–Kier alpha value is -1.35. The van der Waals surface area contributed by atoms with Crippen LogP contribution in [0.25, 0.3) is 5.69 Å². The highest BCUT2D eigenvalue weighted by atomic mass is 79.9. The molecule has 0 fully saturated rings. The molecule has 1 N–H and O–H groups in total. The summed E-state index contributed by atoms with van der Waals surface area (Å²) in [7, 11) is 0. The maximum atomic E-state index is 12.0. The number of thiophene rings is 1. The highest BCUT2D eigenvalue weighted by molar-refractivity contribution is 9.11. The zero-order valence-corrected chi connectivity index (χ0v) is 16.3. The summed E-state index contributed by atoms with van der Waals surface area (Å²) in [5.41, 5.74) is 0.860. The fourth-order valence-corrected chi connectivity index (χ4v) is 4.31. The second kappa shape index (κ2) is 8.15. The first kappa shape index (κ1) is 17.5. The number of thioether (sulfide) groups is 1. The molecule has 0 aliphatic carbocycles. The lowest BCUT2D eigenvalue weighted by Crippen LogP contribution is -2.24. The Morgan fingerprint density at radius 1 is 1.38 bits per heavy atom. The van der Waals surface area contributed by atoms with Gasteiger partial charge in [0.15, 0.2) is 5.16 Å². The number of hydrogen-bond acceptors (Lipinski definition) is 5. The molecule has 3 aromatic rings. The summed E-state index contributed by atoms with van der Waals surface area (Å²) in [6.07, 6.45) is 1.61. The van der Waals surface area contributed by atoms with E-state index < -0.39 is 0 Å². The Kier molecular flexibility index (Phi) is 5.94. The zero-order chi connectivity index (χ0) is 16.9. The number of hydrogen-bond donors (Lipinski definition) is 1. The maximum absolute atomic E-state index is 12.0. The minimum Gasteiger partial charge on any atom is -0.350 e. The molecule has 5 nitrogen and oxygen atoms in total. The summed E-state index contributed by atoms with van der Waals surface area (Å²) in [5, 5.41) is 12.2. The highest BCUT2D eigenvalue weighted by Gasteiger charge is 2.10. The summed E-state index contributed by atoms with van der Waals surface area (Å²) in [5.74, 6) is 0.219. The predicted molar refractivity (Wildman–Crippen MR) is 101 cm³/mol. The van der Waals surface area contributed by atoms with Crippen molar-refractivity contribution >= 4 is 56.5 Å². The van der Waals surface area contributed by atoms with Crippen molar-refractivity contribution in [1.29, 1.82) is 0 Å². The van der Waals surface area contributed by atoms with Crippen molar-refractivity contribution in [2.24, 2.45) is 0 Å². The number of benzene rings is 1. The Morgan fingerprint density at radius 2 is 2.25 bits per heavy atom. The normalized spacial score (nSPS) is 10.8. The molecular weight excluding hydrogens is 432 g/mol. The van der Waals surface area contributed by atoms with Crippen LogP contribution in [0.2, 0.25) is 5.02 Å². The van der Waals surface area contributed by atoms with Gasteiger partial charge in [-0.2, -0.15) is 0 Å². The summed E-state index contributed by atoms with van der Waals surface area (Å²) in [4.78, 5) is 13.1. The molecule has 0 unspecified atom stereocenters. The second-order valence-electron chi connectivity index (χ2n) is 4.73.